The molecule has 1 aliphatic rings. The van der Waals surface area contributed by atoms with Gasteiger partial charge in [0.25, 0.3) is 5.91 Å². The molecule has 0 bridgehead atoms. The fourth-order valence-corrected chi connectivity index (χ4v) is 4.13. The number of carbonyl (C=O) groups is 1. The maximum atomic E-state index is 13.0. The molecule has 6 heteroatoms. The Hall–Kier alpha value is -4.08. The smallest absolute Gasteiger partial charge is 0.252 e. The average molecular weight is 419 g/mol. The quantitative estimate of drug-likeness (QED) is 0.525. The molecule has 0 saturated carbocycles. The van der Waals surface area contributed by atoms with E-state index in [4.69, 9.17) is 10.2 Å². The highest BCUT2D eigenvalue weighted by molar-refractivity contribution is 5.95. The van der Waals surface area contributed by atoms with Crippen molar-refractivity contribution >= 4 is 16.7 Å². The van der Waals surface area contributed by atoms with E-state index in [1.807, 2.05) is 18.2 Å². The lowest BCUT2D eigenvalue weighted by atomic mass is 9.95. The van der Waals surface area contributed by atoms with E-state index in [0.29, 0.717) is 29.9 Å². The van der Waals surface area contributed by atoms with Gasteiger partial charge in [0.1, 0.15) is 5.54 Å². The third-order valence-corrected chi connectivity index (χ3v) is 5.91. The number of nitrogens with one attached hydrogen (secondary N) is 2. The first-order valence-electron chi connectivity index (χ1n) is 10.5. The SMILES string of the molecule is N#Cc1ccc(C(=O)N[C@@]2(c3nccc(-c4ccc5ccccc5c4)n3)CCNC2)cc1. The molecule has 4 aromatic rings. The maximum Gasteiger partial charge on any atom is 0.252 e. The molecule has 1 saturated heterocycles. The third-order valence-electron chi connectivity index (χ3n) is 5.91. The Kier molecular flexibility index (Phi) is 5.10. The number of benzene rings is 3. The number of amides is 1. The number of aromatic nitrogens is 2. The highest BCUT2D eigenvalue weighted by Crippen LogP contribution is 2.29. The third kappa shape index (κ3) is 3.70. The summed E-state index contributed by atoms with van der Waals surface area (Å²) in [6, 6.07) is 25.1. The second-order valence-electron chi connectivity index (χ2n) is 7.98. The number of hydrogen-bond donors (Lipinski definition) is 2. The van der Waals surface area contributed by atoms with Crippen LogP contribution in [0.5, 0.6) is 0 Å². The lowest BCUT2D eigenvalue weighted by molar-refractivity contribution is 0.0900. The number of hydrogen-bond acceptors (Lipinski definition) is 5. The number of rotatable bonds is 4. The van der Waals surface area contributed by atoms with Crippen molar-refractivity contribution in [3.05, 3.63) is 95.9 Å². The van der Waals surface area contributed by atoms with Gasteiger partial charge >= 0.3 is 0 Å². The van der Waals surface area contributed by atoms with Crippen LogP contribution in [0.1, 0.15) is 28.2 Å². The van der Waals surface area contributed by atoms with Crippen molar-refractivity contribution in [1.29, 1.82) is 5.26 Å². The van der Waals surface area contributed by atoms with Crippen molar-refractivity contribution in [2.75, 3.05) is 13.1 Å². The summed E-state index contributed by atoms with van der Waals surface area (Å²) in [4.78, 5) is 22.4. The molecule has 1 aromatic heterocycles. The highest BCUT2D eigenvalue weighted by atomic mass is 16.1. The molecule has 3 aromatic carbocycles. The second kappa shape index (κ2) is 8.22. The molecule has 6 nitrogen and oxygen atoms in total. The van der Waals surface area contributed by atoms with Gasteiger partial charge in [-0.25, -0.2) is 9.97 Å². The fraction of sp³-hybridized carbons (Fsp3) is 0.154. The normalized spacial score (nSPS) is 17.7. The standard InChI is InChI=1S/C26H21N5O/c27-16-18-5-7-20(8-6-18)24(32)31-26(12-14-28-17-26)25-29-13-11-23(30-25)22-10-9-19-3-1-2-4-21(19)15-22/h1-11,13,15,28H,12,14,17H2,(H,31,32)/t26-/m0/s1. The summed E-state index contributed by atoms with van der Waals surface area (Å²) in [5, 5.41) is 17.8. The molecule has 2 heterocycles. The number of carbonyl (C=O) groups excluding carboxylic acids is 1. The molecule has 0 spiro atoms. The van der Waals surface area contributed by atoms with Crippen LogP contribution in [0.2, 0.25) is 0 Å². The summed E-state index contributed by atoms with van der Waals surface area (Å²) < 4.78 is 0. The Bertz CT molecular complexity index is 1330. The lowest BCUT2D eigenvalue weighted by Crippen LogP contribution is -2.48. The van der Waals surface area contributed by atoms with E-state index in [-0.39, 0.29) is 5.91 Å². The van der Waals surface area contributed by atoms with Gasteiger partial charge in [-0.05, 0) is 60.1 Å². The number of nitrogens with zero attached hydrogens (tertiary/aromatic N) is 3. The Labute approximate surface area is 186 Å². The summed E-state index contributed by atoms with van der Waals surface area (Å²) in [6.07, 6.45) is 2.44. The van der Waals surface area contributed by atoms with Gasteiger partial charge in [-0.3, -0.25) is 4.79 Å². The van der Waals surface area contributed by atoms with Crippen molar-refractivity contribution in [3.63, 3.8) is 0 Å². The molecule has 1 aliphatic heterocycles. The van der Waals surface area contributed by atoms with E-state index in [1.165, 1.54) is 5.39 Å². The molecule has 1 fully saturated rings. The van der Waals surface area contributed by atoms with Gasteiger partial charge in [0, 0.05) is 23.9 Å². The summed E-state index contributed by atoms with van der Waals surface area (Å²) in [5.74, 6) is 0.382. The summed E-state index contributed by atoms with van der Waals surface area (Å²) >= 11 is 0. The van der Waals surface area contributed by atoms with E-state index < -0.39 is 5.54 Å². The van der Waals surface area contributed by atoms with Crippen LogP contribution < -0.4 is 10.6 Å². The second-order valence-corrected chi connectivity index (χ2v) is 7.98. The molecule has 0 radical (unpaired) electrons. The molecule has 0 aliphatic carbocycles. The minimum Gasteiger partial charge on any atom is -0.338 e. The predicted molar refractivity (Wildman–Crippen MR) is 123 cm³/mol. The van der Waals surface area contributed by atoms with Gasteiger partial charge in [0.2, 0.25) is 0 Å². The van der Waals surface area contributed by atoms with Crippen LogP contribution in [-0.4, -0.2) is 29.0 Å². The Morgan fingerprint density at radius 3 is 2.59 bits per heavy atom. The Morgan fingerprint density at radius 2 is 1.84 bits per heavy atom. The van der Waals surface area contributed by atoms with E-state index in [1.54, 1.807) is 30.5 Å². The average Bonchev–Trinajstić information content (AvgIpc) is 3.33. The zero-order valence-electron chi connectivity index (χ0n) is 17.4. The first kappa shape index (κ1) is 19.9. The first-order chi connectivity index (χ1) is 15.7. The van der Waals surface area contributed by atoms with Crippen molar-refractivity contribution in [1.82, 2.24) is 20.6 Å². The molecular formula is C26H21N5O. The summed E-state index contributed by atoms with van der Waals surface area (Å²) in [6.45, 7) is 1.31. The molecule has 0 unspecified atom stereocenters. The largest absolute Gasteiger partial charge is 0.338 e. The van der Waals surface area contributed by atoms with E-state index in [2.05, 4.69) is 52.0 Å². The van der Waals surface area contributed by atoms with Gasteiger partial charge in [-0.1, -0.05) is 36.4 Å². The summed E-state index contributed by atoms with van der Waals surface area (Å²) in [5.41, 5.74) is 2.15. The van der Waals surface area contributed by atoms with Crippen LogP contribution in [0.4, 0.5) is 0 Å². The fourth-order valence-electron chi connectivity index (χ4n) is 4.13. The molecule has 32 heavy (non-hydrogen) atoms. The minimum atomic E-state index is -0.697. The minimum absolute atomic E-state index is 0.210. The van der Waals surface area contributed by atoms with Crippen LogP contribution in [0.15, 0.2) is 79.0 Å². The summed E-state index contributed by atoms with van der Waals surface area (Å²) in [7, 11) is 0. The van der Waals surface area contributed by atoms with Crippen molar-refractivity contribution in [2.45, 2.75) is 12.0 Å². The highest BCUT2D eigenvalue weighted by Gasteiger charge is 2.40. The lowest BCUT2D eigenvalue weighted by Gasteiger charge is -2.28. The van der Waals surface area contributed by atoms with Crippen LogP contribution in [-0.2, 0) is 5.54 Å². The van der Waals surface area contributed by atoms with Crippen LogP contribution in [0, 0.1) is 11.3 Å². The monoisotopic (exact) mass is 419 g/mol. The maximum absolute atomic E-state index is 13.0. The van der Waals surface area contributed by atoms with E-state index in [9.17, 15) is 4.79 Å². The van der Waals surface area contributed by atoms with Gasteiger partial charge in [0.05, 0.1) is 17.3 Å². The van der Waals surface area contributed by atoms with Crippen LogP contribution in [0.3, 0.4) is 0 Å². The predicted octanol–water partition coefficient (Wildman–Crippen LogP) is 3.79. The Morgan fingerprint density at radius 1 is 1.03 bits per heavy atom. The molecule has 2 N–H and O–H groups in total. The number of nitriles is 1. The van der Waals surface area contributed by atoms with E-state index in [0.717, 1.165) is 23.2 Å². The van der Waals surface area contributed by atoms with Crippen molar-refractivity contribution in [2.24, 2.45) is 0 Å². The molecule has 156 valence electrons. The first-order valence-corrected chi connectivity index (χ1v) is 10.5. The molecule has 1 amide bonds. The van der Waals surface area contributed by atoms with Crippen molar-refractivity contribution in [3.8, 4) is 17.3 Å². The molecule has 5 rings (SSSR count). The van der Waals surface area contributed by atoms with Gasteiger partial charge < -0.3 is 10.6 Å². The van der Waals surface area contributed by atoms with Crippen LogP contribution in [0.25, 0.3) is 22.0 Å². The molecule has 1 atom stereocenters. The number of fused-ring (bicyclic) bond motifs is 1. The van der Waals surface area contributed by atoms with Crippen molar-refractivity contribution < 1.29 is 4.79 Å². The van der Waals surface area contributed by atoms with Gasteiger partial charge in [-0.15, -0.1) is 0 Å². The van der Waals surface area contributed by atoms with Crippen LogP contribution >= 0.6 is 0 Å². The zero-order chi connectivity index (χ0) is 22.0. The Balaban J connectivity index is 1.48. The zero-order valence-corrected chi connectivity index (χ0v) is 17.4. The van der Waals surface area contributed by atoms with Gasteiger partial charge in [0.15, 0.2) is 5.82 Å². The van der Waals surface area contributed by atoms with Gasteiger partial charge in [-0.2, -0.15) is 5.26 Å². The van der Waals surface area contributed by atoms with E-state index >= 15 is 0 Å². The topological polar surface area (TPSA) is 90.7 Å². The molecular weight excluding hydrogens is 398 g/mol.